The van der Waals surface area contributed by atoms with E-state index in [0.717, 1.165) is 16.5 Å². The number of amides is 1. The third kappa shape index (κ3) is 4.04. The van der Waals surface area contributed by atoms with Gasteiger partial charge in [-0.05, 0) is 29.8 Å². The van der Waals surface area contributed by atoms with Gasteiger partial charge in [-0.25, -0.2) is 9.37 Å². The highest BCUT2D eigenvalue weighted by atomic mass is 35.5. The summed E-state index contributed by atoms with van der Waals surface area (Å²) < 4.78 is 15.2. The maximum Gasteiger partial charge on any atom is 0.268 e. The van der Waals surface area contributed by atoms with Crippen LogP contribution in [-0.4, -0.2) is 47.6 Å². The van der Waals surface area contributed by atoms with Gasteiger partial charge in [0.15, 0.2) is 5.65 Å². The van der Waals surface area contributed by atoms with E-state index in [-0.39, 0.29) is 17.3 Å². The predicted molar refractivity (Wildman–Crippen MR) is 125 cm³/mol. The first-order chi connectivity index (χ1) is 16.4. The minimum atomic E-state index is -0.755. The van der Waals surface area contributed by atoms with E-state index in [2.05, 4.69) is 30.6 Å². The van der Waals surface area contributed by atoms with Crippen LogP contribution in [0.1, 0.15) is 22.1 Å². The highest BCUT2D eigenvalue weighted by molar-refractivity contribution is 6.30. The Morgan fingerprint density at radius 3 is 2.82 bits per heavy atom. The van der Waals surface area contributed by atoms with Crippen LogP contribution in [0.4, 0.5) is 4.39 Å². The van der Waals surface area contributed by atoms with Crippen molar-refractivity contribution in [3.05, 3.63) is 77.2 Å². The molecule has 1 amide bonds. The molecule has 0 aliphatic carbocycles. The summed E-state index contributed by atoms with van der Waals surface area (Å²) >= 11 is 5.83. The zero-order valence-corrected chi connectivity index (χ0v) is 18.6. The minimum absolute atomic E-state index is 0.0861. The Hall–Kier alpha value is -4.02. The van der Waals surface area contributed by atoms with Gasteiger partial charge in [0.2, 0.25) is 0 Å². The van der Waals surface area contributed by atoms with E-state index in [1.165, 1.54) is 18.2 Å². The first kappa shape index (κ1) is 21.8. The van der Waals surface area contributed by atoms with Crippen molar-refractivity contribution < 1.29 is 14.3 Å². The van der Waals surface area contributed by atoms with Crippen molar-refractivity contribution in [1.29, 1.82) is 0 Å². The van der Waals surface area contributed by atoms with Crippen LogP contribution in [0.25, 0.3) is 33.4 Å². The van der Waals surface area contributed by atoms with Crippen LogP contribution < -0.4 is 5.32 Å². The van der Waals surface area contributed by atoms with Crippen molar-refractivity contribution in [2.24, 2.45) is 7.05 Å². The number of benzene rings is 1. The maximum atomic E-state index is 13.5. The number of hydrogen-bond acceptors (Lipinski definition) is 5. The van der Waals surface area contributed by atoms with Crippen LogP contribution in [0.5, 0.6) is 0 Å². The summed E-state index contributed by atoms with van der Waals surface area (Å²) in [5.74, 6) is -1.02. The molecule has 9 nitrogen and oxygen atoms in total. The fourth-order valence-electron chi connectivity index (χ4n) is 3.71. The molecular weight excluding hydrogens is 461 g/mol. The largest absolute Gasteiger partial charge is 0.394 e. The molecule has 0 unspecified atom stereocenters. The molecule has 0 saturated carbocycles. The van der Waals surface area contributed by atoms with Crippen molar-refractivity contribution in [1.82, 2.24) is 35.3 Å². The number of aryl methyl sites for hydroxylation is 1. The maximum absolute atomic E-state index is 13.5. The lowest BCUT2D eigenvalue weighted by molar-refractivity contribution is 0.0911. The van der Waals surface area contributed by atoms with E-state index >= 15 is 0 Å². The Kier molecular flexibility index (Phi) is 5.60. The second-order valence-electron chi connectivity index (χ2n) is 7.78. The second-order valence-corrected chi connectivity index (χ2v) is 8.19. The molecule has 1 aromatic carbocycles. The Bertz CT molecular complexity index is 1510. The van der Waals surface area contributed by atoms with Crippen molar-refractivity contribution >= 4 is 28.5 Å². The highest BCUT2D eigenvalue weighted by Gasteiger charge is 2.19. The smallest absolute Gasteiger partial charge is 0.268 e. The van der Waals surface area contributed by atoms with Gasteiger partial charge in [-0.15, -0.1) is 0 Å². The molecule has 4 aromatic heterocycles. The van der Waals surface area contributed by atoms with Crippen LogP contribution in [0.2, 0.25) is 5.02 Å². The minimum Gasteiger partial charge on any atom is -0.394 e. The average molecular weight is 480 g/mol. The Morgan fingerprint density at radius 1 is 1.24 bits per heavy atom. The zero-order chi connectivity index (χ0) is 23.8. The summed E-state index contributed by atoms with van der Waals surface area (Å²) in [6.07, 6.45) is 7.07. The lowest BCUT2D eigenvalue weighted by atomic mass is 10.1. The molecule has 5 aromatic rings. The fourth-order valence-corrected chi connectivity index (χ4v) is 3.90. The molecule has 0 spiro atoms. The van der Waals surface area contributed by atoms with Crippen molar-refractivity contribution in [2.75, 3.05) is 6.61 Å². The Balaban J connectivity index is 1.40. The van der Waals surface area contributed by atoms with Crippen LogP contribution >= 0.6 is 11.6 Å². The van der Waals surface area contributed by atoms with Gasteiger partial charge in [0, 0.05) is 47.7 Å². The lowest BCUT2D eigenvalue weighted by Crippen LogP contribution is -2.31. The number of rotatable bonds is 6. The summed E-state index contributed by atoms with van der Waals surface area (Å²) in [6, 6.07) is 6.90. The molecule has 0 saturated heterocycles. The van der Waals surface area contributed by atoms with E-state index in [4.69, 9.17) is 11.6 Å². The van der Waals surface area contributed by atoms with Crippen LogP contribution in [0.3, 0.4) is 0 Å². The van der Waals surface area contributed by atoms with Gasteiger partial charge < -0.3 is 15.4 Å². The molecule has 11 heteroatoms. The number of carbonyl (C=O) groups excluding carboxylic acids is 1. The predicted octanol–water partition coefficient (Wildman–Crippen LogP) is 3.61. The van der Waals surface area contributed by atoms with E-state index in [0.29, 0.717) is 22.5 Å². The molecule has 172 valence electrons. The number of aliphatic hydroxyl groups is 1. The molecule has 0 aliphatic heterocycles. The fraction of sp³-hybridized carbons (Fsp3) is 0.130. The van der Waals surface area contributed by atoms with Crippen LogP contribution in [0.15, 0.2) is 55.1 Å². The summed E-state index contributed by atoms with van der Waals surface area (Å²) in [4.78, 5) is 20.2. The average Bonchev–Trinajstić information content (AvgIpc) is 3.58. The number of carbonyl (C=O) groups is 1. The number of nitrogens with one attached hydrogen (secondary N) is 3. The molecular formula is C23H19ClFN7O2. The van der Waals surface area contributed by atoms with Crippen molar-refractivity contribution in [2.45, 2.75) is 6.04 Å². The molecule has 0 bridgehead atoms. The molecule has 4 N–H and O–H groups in total. The molecule has 5 rings (SSSR count). The third-order valence-electron chi connectivity index (χ3n) is 5.49. The molecule has 0 fully saturated rings. The number of aliphatic hydroxyl groups excluding tert-OH is 1. The topological polar surface area (TPSA) is 125 Å². The molecule has 0 radical (unpaired) electrons. The lowest BCUT2D eigenvalue weighted by Gasteiger charge is -2.16. The second kappa shape index (κ2) is 8.73. The summed E-state index contributed by atoms with van der Waals surface area (Å²) in [5, 5.41) is 24.7. The molecule has 4 heterocycles. The summed E-state index contributed by atoms with van der Waals surface area (Å²) in [7, 11) is 1.84. The van der Waals surface area contributed by atoms with Gasteiger partial charge in [0.1, 0.15) is 17.2 Å². The monoisotopic (exact) mass is 479 g/mol. The first-order valence-electron chi connectivity index (χ1n) is 10.3. The van der Waals surface area contributed by atoms with Crippen LogP contribution in [0, 0.1) is 5.82 Å². The molecule has 1 atom stereocenters. The molecule has 34 heavy (non-hydrogen) atoms. The van der Waals surface area contributed by atoms with Crippen LogP contribution in [-0.2, 0) is 7.05 Å². The van der Waals surface area contributed by atoms with Gasteiger partial charge in [0.25, 0.3) is 5.91 Å². The van der Waals surface area contributed by atoms with Crippen molar-refractivity contribution in [3.8, 4) is 22.4 Å². The SMILES string of the molecule is Cn1cc(-c2cnc3[nH]nc(-c4c[nH]c(C(=O)N[C@H](CO)c5ccc(F)c(Cl)c5)c4)c3c2)cn1. The number of aromatic nitrogens is 6. The van der Waals surface area contributed by atoms with E-state index in [9.17, 15) is 14.3 Å². The third-order valence-corrected chi connectivity index (χ3v) is 5.78. The normalized spacial score (nSPS) is 12.2. The number of halogens is 2. The number of pyridine rings is 1. The number of hydrogen-bond donors (Lipinski definition) is 4. The number of fused-ring (bicyclic) bond motifs is 1. The summed E-state index contributed by atoms with van der Waals surface area (Å²) in [6.45, 7) is -0.381. The first-order valence-corrected chi connectivity index (χ1v) is 10.7. The van der Waals surface area contributed by atoms with E-state index in [1.54, 1.807) is 29.3 Å². The summed E-state index contributed by atoms with van der Waals surface area (Å²) in [5.41, 5.74) is 4.51. The van der Waals surface area contributed by atoms with E-state index in [1.807, 2.05) is 19.3 Å². The van der Waals surface area contributed by atoms with Gasteiger partial charge in [-0.1, -0.05) is 17.7 Å². The van der Waals surface area contributed by atoms with Gasteiger partial charge in [-0.3, -0.25) is 14.6 Å². The number of aromatic amines is 2. The van der Waals surface area contributed by atoms with Gasteiger partial charge >= 0.3 is 0 Å². The standard InChI is InChI=1S/C23H19ClFN7O2/c1-32-10-15(9-28-32)13-4-16-21(30-31-22(16)27-7-13)14-6-19(26-8-14)23(34)29-20(11-33)12-2-3-18(25)17(24)5-12/h2-10,20,26,33H,11H2,1H3,(H,29,34)(H,27,30,31)/t20-/m1/s1. The highest BCUT2D eigenvalue weighted by Crippen LogP contribution is 2.29. The van der Waals surface area contributed by atoms with Gasteiger partial charge in [-0.2, -0.15) is 10.2 Å². The van der Waals surface area contributed by atoms with Crippen molar-refractivity contribution in [3.63, 3.8) is 0 Å². The Labute approximate surface area is 197 Å². The number of H-pyrrole nitrogens is 2. The number of nitrogens with zero attached hydrogens (tertiary/aromatic N) is 4. The Morgan fingerprint density at radius 2 is 2.09 bits per heavy atom. The van der Waals surface area contributed by atoms with E-state index < -0.39 is 17.8 Å². The van der Waals surface area contributed by atoms with Gasteiger partial charge in [0.05, 0.1) is 23.9 Å². The molecule has 0 aliphatic rings. The zero-order valence-electron chi connectivity index (χ0n) is 17.9. The quantitative estimate of drug-likeness (QED) is 0.296.